The zero-order chi connectivity index (χ0) is 15.6. The molecule has 0 aliphatic heterocycles. The maximum atomic E-state index is 13.4. The highest BCUT2D eigenvalue weighted by Crippen LogP contribution is 2.53. The van der Waals surface area contributed by atoms with E-state index >= 15 is 0 Å². The topological polar surface area (TPSA) is 61.2 Å². The van der Waals surface area contributed by atoms with Gasteiger partial charge >= 0.3 is 4.59 Å². The van der Waals surface area contributed by atoms with Gasteiger partial charge in [-0.05, 0) is 32.7 Å². The lowest BCUT2D eigenvalue weighted by molar-refractivity contribution is 0.398. The minimum atomic E-state index is -3.92. The normalized spacial score (nSPS) is 15.6. The molecule has 0 radical (unpaired) electrons. The van der Waals surface area contributed by atoms with Crippen molar-refractivity contribution in [1.82, 2.24) is 3.71 Å². The second kappa shape index (κ2) is 6.73. The Morgan fingerprint density at radius 1 is 1.26 bits per heavy atom. The standard InChI is InChI=1S/C8H11Cl4FN2O2S2/c1-5(2)19(16,17)15(6(3)4-14)18-8(11,12)7(9,10)13/h5-6H,1-3H3. The van der Waals surface area contributed by atoms with Gasteiger partial charge in [-0.15, -0.1) is 3.71 Å². The highest BCUT2D eigenvalue weighted by atomic mass is 35.5. The van der Waals surface area contributed by atoms with Gasteiger partial charge in [-0.2, -0.15) is 5.26 Å². The van der Waals surface area contributed by atoms with Crippen molar-refractivity contribution in [1.29, 1.82) is 5.26 Å². The van der Waals surface area contributed by atoms with Crippen LogP contribution in [0.2, 0.25) is 0 Å². The van der Waals surface area contributed by atoms with E-state index in [0.717, 1.165) is 0 Å². The van der Waals surface area contributed by atoms with Gasteiger partial charge in [0.05, 0.1) is 11.3 Å². The largest absolute Gasteiger partial charge is 0.301 e. The SMILES string of the molecule is CC(C#N)N(SC(Cl)(Cl)C(F)(Cl)Cl)S(=O)(=O)C(C)C. The van der Waals surface area contributed by atoms with Crippen LogP contribution < -0.4 is 0 Å². The molecular formula is C8H11Cl4FN2O2S2. The maximum Gasteiger partial charge on any atom is 0.301 e. The molecule has 0 N–H and O–H groups in total. The number of alkyl halides is 5. The average Bonchev–Trinajstić information content (AvgIpc) is 2.22. The Labute approximate surface area is 136 Å². The van der Waals surface area contributed by atoms with Crippen LogP contribution >= 0.6 is 58.4 Å². The number of halogens is 5. The zero-order valence-corrected chi connectivity index (χ0v) is 14.7. The molecule has 0 heterocycles. The summed E-state index contributed by atoms with van der Waals surface area (Å²) in [5.74, 6) is 0. The van der Waals surface area contributed by atoms with Crippen LogP contribution in [0.5, 0.6) is 0 Å². The first kappa shape index (κ1) is 19.8. The molecule has 19 heavy (non-hydrogen) atoms. The Hall–Kier alpha value is 0.840. The van der Waals surface area contributed by atoms with E-state index in [4.69, 9.17) is 51.7 Å². The molecule has 0 aliphatic rings. The maximum absolute atomic E-state index is 13.4. The molecule has 1 unspecified atom stereocenters. The molecule has 4 nitrogen and oxygen atoms in total. The van der Waals surface area contributed by atoms with Crippen molar-refractivity contribution in [3.8, 4) is 6.07 Å². The van der Waals surface area contributed by atoms with E-state index in [0.29, 0.717) is 3.71 Å². The minimum Gasteiger partial charge on any atom is -0.211 e. The third-order valence-corrected chi connectivity index (χ3v) is 7.86. The lowest BCUT2D eigenvalue weighted by Crippen LogP contribution is -2.42. The summed E-state index contributed by atoms with van der Waals surface area (Å²) < 4.78 is 32.5. The van der Waals surface area contributed by atoms with Gasteiger partial charge in [0.15, 0.2) is 0 Å². The second-order valence-electron chi connectivity index (χ2n) is 3.76. The fourth-order valence-electron chi connectivity index (χ4n) is 0.771. The summed E-state index contributed by atoms with van der Waals surface area (Å²) in [5.41, 5.74) is 0. The van der Waals surface area contributed by atoms with E-state index in [1.165, 1.54) is 20.8 Å². The van der Waals surface area contributed by atoms with Gasteiger partial charge in [0, 0.05) is 0 Å². The molecular weight excluding hydrogens is 381 g/mol. The van der Waals surface area contributed by atoms with Crippen LogP contribution in [-0.4, -0.2) is 31.7 Å². The third kappa shape index (κ3) is 4.95. The van der Waals surface area contributed by atoms with Crippen LogP contribution in [0.25, 0.3) is 0 Å². The molecule has 1 atom stereocenters. The van der Waals surface area contributed by atoms with Crippen LogP contribution in [0.15, 0.2) is 0 Å². The fourth-order valence-corrected chi connectivity index (χ4v) is 4.38. The Morgan fingerprint density at radius 2 is 1.68 bits per heavy atom. The lowest BCUT2D eigenvalue weighted by Gasteiger charge is -2.32. The number of hydrogen-bond donors (Lipinski definition) is 0. The zero-order valence-electron chi connectivity index (χ0n) is 10.1. The van der Waals surface area contributed by atoms with Crippen molar-refractivity contribution >= 4 is 68.4 Å². The van der Waals surface area contributed by atoms with E-state index in [2.05, 4.69) is 0 Å². The number of nitriles is 1. The van der Waals surface area contributed by atoms with Gasteiger partial charge in [0.25, 0.3) is 0 Å². The molecule has 0 saturated heterocycles. The lowest BCUT2D eigenvalue weighted by atomic mass is 10.4. The molecule has 0 aromatic carbocycles. The summed E-state index contributed by atoms with van der Waals surface area (Å²) in [6.45, 7) is 4.07. The predicted molar refractivity (Wildman–Crippen MR) is 78.5 cm³/mol. The molecule has 0 bridgehead atoms. The molecule has 112 valence electrons. The fraction of sp³-hybridized carbons (Fsp3) is 0.875. The minimum absolute atomic E-state index is 0.137. The number of rotatable bonds is 6. The molecule has 0 aromatic heterocycles. The molecule has 0 spiro atoms. The van der Waals surface area contributed by atoms with Crippen LogP contribution in [0.4, 0.5) is 4.39 Å². The average molecular weight is 392 g/mol. The molecule has 0 aromatic rings. The molecule has 0 rings (SSSR count). The quantitative estimate of drug-likeness (QED) is 0.510. The Kier molecular flexibility index (Phi) is 7.03. The smallest absolute Gasteiger partial charge is 0.211 e. The third-order valence-electron chi connectivity index (χ3n) is 1.88. The van der Waals surface area contributed by atoms with Crippen LogP contribution in [-0.2, 0) is 10.0 Å². The van der Waals surface area contributed by atoms with Crippen LogP contribution in [0, 0.1) is 11.3 Å². The van der Waals surface area contributed by atoms with Crippen LogP contribution in [0.3, 0.4) is 0 Å². The first-order chi connectivity index (χ1) is 8.27. The van der Waals surface area contributed by atoms with Gasteiger partial charge in [-0.1, -0.05) is 46.4 Å². The highest BCUT2D eigenvalue weighted by molar-refractivity contribution is 8.11. The summed E-state index contributed by atoms with van der Waals surface area (Å²) in [6.07, 6.45) is 0. The summed E-state index contributed by atoms with van der Waals surface area (Å²) in [7, 11) is -3.92. The number of hydrogen-bond acceptors (Lipinski definition) is 4. The first-order valence-corrected chi connectivity index (χ1v) is 8.62. The first-order valence-electron chi connectivity index (χ1n) is 4.84. The van der Waals surface area contributed by atoms with Gasteiger partial charge in [0.2, 0.25) is 13.7 Å². The van der Waals surface area contributed by atoms with E-state index in [1.807, 2.05) is 0 Å². The van der Waals surface area contributed by atoms with Crippen molar-refractivity contribution in [2.75, 3.05) is 0 Å². The second-order valence-corrected chi connectivity index (χ2v) is 10.6. The predicted octanol–water partition coefficient (Wildman–Crippen LogP) is 3.82. The Morgan fingerprint density at radius 3 is 1.95 bits per heavy atom. The van der Waals surface area contributed by atoms with Gasteiger partial charge in [-0.25, -0.2) is 12.8 Å². The molecule has 0 saturated carbocycles. The summed E-state index contributed by atoms with van der Waals surface area (Å²) in [5, 5.41) is 7.97. The van der Waals surface area contributed by atoms with Crippen molar-refractivity contribution in [2.45, 2.75) is 40.3 Å². The van der Waals surface area contributed by atoms with Crippen molar-refractivity contribution in [3.63, 3.8) is 0 Å². The summed E-state index contributed by atoms with van der Waals surface area (Å²) in [4.78, 5) is 0. The van der Waals surface area contributed by atoms with Crippen LogP contribution in [0.1, 0.15) is 20.8 Å². The molecule has 11 heteroatoms. The van der Waals surface area contributed by atoms with Crippen molar-refractivity contribution in [2.24, 2.45) is 0 Å². The number of sulfonamides is 1. The summed E-state index contributed by atoms with van der Waals surface area (Å²) in [6, 6.07) is 0.566. The Bertz CT molecular complexity index is 458. The van der Waals surface area contributed by atoms with E-state index < -0.39 is 29.6 Å². The summed E-state index contributed by atoms with van der Waals surface area (Å²) >= 11 is 21.6. The number of nitrogens with zero attached hydrogens (tertiary/aromatic N) is 2. The monoisotopic (exact) mass is 390 g/mol. The van der Waals surface area contributed by atoms with Crippen molar-refractivity contribution < 1.29 is 12.8 Å². The van der Waals surface area contributed by atoms with Gasteiger partial charge in [-0.3, -0.25) is 0 Å². The van der Waals surface area contributed by atoms with E-state index in [1.54, 1.807) is 6.07 Å². The van der Waals surface area contributed by atoms with Gasteiger partial charge < -0.3 is 0 Å². The van der Waals surface area contributed by atoms with Gasteiger partial charge in [0.1, 0.15) is 6.04 Å². The Balaban J connectivity index is 5.54. The van der Waals surface area contributed by atoms with Crippen molar-refractivity contribution in [3.05, 3.63) is 0 Å². The van der Waals surface area contributed by atoms with E-state index in [-0.39, 0.29) is 11.9 Å². The highest BCUT2D eigenvalue weighted by Gasteiger charge is 2.53. The molecule has 0 aliphatic carbocycles. The molecule has 0 fully saturated rings. The van der Waals surface area contributed by atoms with E-state index in [9.17, 15) is 12.8 Å². The molecule has 0 amide bonds.